The molecule has 2 N–H and O–H groups in total. The molecule has 2 heterocycles. The van der Waals surface area contributed by atoms with Crippen molar-refractivity contribution in [2.45, 2.75) is 48.6 Å². The lowest BCUT2D eigenvalue weighted by Gasteiger charge is -2.08. The molecule has 0 bridgehead atoms. The summed E-state index contributed by atoms with van der Waals surface area (Å²) in [6, 6.07) is 2.54. The Morgan fingerprint density at radius 2 is 2.14 bits per heavy atom. The number of anilines is 1. The molecule has 0 unspecified atom stereocenters. The van der Waals surface area contributed by atoms with Crippen molar-refractivity contribution in [2.24, 2.45) is 0 Å². The van der Waals surface area contributed by atoms with Crippen LogP contribution < -0.4 is 5.73 Å². The molecule has 0 saturated heterocycles. The minimum absolute atomic E-state index is 0.224. The zero-order valence-electron chi connectivity index (χ0n) is 11.9. The van der Waals surface area contributed by atoms with E-state index in [2.05, 4.69) is 24.7 Å². The fourth-order valence-corrected chi connectivity index (χ4v) is 3.19. The highest BCUT2D eigenvalue weighted by molar-refractivity contribution is 7.98. The first-order valence-electron chi connectivity index (χ1n) is 7.35. The minimum atomic E-state index is 0.224. The highest BCUT2D eigenvalue weighted by atomic mass is 32.2. The van der Waals surface area contributed by atoms with Crippen molar-refractivity contribution in [2.75, 3.05) is 5.73 Å². The number of thioether (sulfide) groups is 1. The van der Waals surface area contributed by atoms with Gasteiger partial charge in [-0.1, -0.05) is 11.8 Å². The van der Waals surface area contributed by atoms with Crippen molar-refractivity contribution < 1.29 is 0 Å². The molecule has 2 saturated carbocycles. The van der Waals surface area contributed by atoms with Crippen molar-refractivity contribution in [1.29, 1.82) is 5.26 Å². The molecule has 0 aromatic carbocycles. The normalized spacial score (nSPS) is 17.4. The summed E-state index contributed by atoms with van der Waals surface area (Å²) in [6.07, 6.45) is 6.36. The molecule has 2 aliphatic carbocycles. The minimum Gasteiger partial charge on any atom is -0.382 e. The van der Waals surface area contributed by atoms with Gasteiger partial charge in [0.1, 0.15) is 29.1 Å². The number of hydrogen-bond donors (Lipinski definition) is 1. The first-order valence-corrected chi connectivity index (χ1v) is 8.34. The second kappa shape index (κ2) is 5.25. The van der Waals surface area contributed by atoms with Gasteiger partial charge < -0.3 is 10.3 Å². The molecule has 7 nitrogen and oxygen atoms in total. The Morgan fingerprint density at radius 3 is 2.77 bits per heavy atom. The summed E-state index contributed by atoms with van der Waals surface area (Å²) in [5.41, 5.74) is 6.03. The lowest BCUT2D eigenvalue weighted by molar-refractivity contribution is 0.661. The van der Waals surface area contributed by atoms with E-state index in [9.17, 15) is 0 Å². The Labute approximate surface area is 132 Å². The zero-order chi connectivity index (χ0) is 15.1. The Hall–Kier alpha value is -2.14. The fraction of sp³-hybridized carbons (Fsp3) is 0.500. The summed E-state index contributed by atoms with van der Waals surface area (Å²) in [5.74, 6) is 3.64. The van der Waals surface area contributed by atoms with Gasteiger partial charge in [0.25, 0.3) is 0 Å². The largest absolute Gasteiger partial charge is 0.382 e. The average molecular weight is 313 g/mol. The summed E-state index contributed by atoms with van der Waals surface area (Å²) in [4.78, 5) is 8.31. The fourth-order valence-electron chi connectivity index (χ4n) is 2.45. The highest BCUT2D eigenvalue weighted by Gasteiger charge is 2.36. The molecule has 0 aliphatic heterocycles. The third-order valence-corrected chi connectivity index (χ3v) is 4.75. The second-order valence-electron chi connectivity index (χ2n) is 5.70. The van der Waals surface area contributed by atoms with E-state index in [0.29, 0.717) is 28.4 Å². The smallest absolute Gasteiger partial charge is 0.189 e. The lowest BCUT2D eigenvalue weighted by atomic mass is 10.3. The maximum Gasteiger partial charge on any atom is 0.189 e. The van der Waals surface area contributed by atoms with E-state index in [1.54, 1.807) is 0 Å². The summed E-state index contributed by atoms with van der Waals surface area (Å²) in [6.45, 7) is 0. The van der Waals surface area contributed by atoms with Crippen LogP contribution in [0.1, 0.15) is 54.9 Å². The summed E-state index contributed by atoms with van der Waals surface area (Å²) in [5, 5.41) is 18.2. The molecule has 0 amide bonds. The van der Waals surface area contributed by atoms with Crippen LogP contribution in [-0.4, -0.2) is 24.7 Å². The Kier molecular flexibility index (Phi) is 3.22. The lowest BCUT2D eigenvalue weighted by Crippen LogP contribution is -2.05. The standard InChI is InChI=1S/C14H15N7S/c15-5-9-6-17-14(18-12(9)16)22-7-11-19-20-13(8-1-2-8)21(11)10-3-4-10/h6,8,10H,1-4,7H2,(H2,16,17,18). The Morgan fingerprint density at radius 1 is 1.32 bits per heavy atom. The molecule has 112 valence electrons. The van der Waals surface area contributed by atoms with Gasteiger partial charge in [0, 0.05) is 12.0 Å². The van der Waals surface area contributed by atoms with Crippen LogP contribution in [0, 0.1) is 11.3 Å². The van der Waals surface area contributed by atoms with Gasteiger partial charge in [-0.2, -0.15) is 5.26 Å². The Bertz CT molecular complexity index is 755. The van der Waals surface area contributed by atoms with E-state index >= 15 is 0 Å². The molecule has 0 spiro atoms. The van der Waals surface area contributed by atoms with Crippen molar-refractivity contribution in [3.8, 4) is 6.07 Å². The van der Waals surface area contributed by atoms with Crippen molar-refractivity contribution >= 4 is 17.6 Å². The average Bonchev–Trinajstić information content (AvgIpc) is 3.44. The molecular formula is C14H15N7S. The molecule has 22 heavy (non-hydrogen) atoms. The van der Waals surface area contributed by atoms with Gasteiger partial charge in [-0.05, 0) is 25.7 Å². The number of nitrogens with two attached hydrogens (primary N) is 1. The molecular weight excluding hydrogens is 298 g/mol. The zero-order valence-corrected chi connectivity index (χ0v) is 12.8. The number of hydrogen-bond acceptors (Lipinski definition) is 7. The first kappa shape index (κ1) is 13.5. The molecule has 2 fully saturated rings. The van der Waals surface area contributed by atoms with Crippen molar-refractivity contribution in [1.82, 2.24) is 24.7 Å². The molecule has 2 aromatic heterocycles. The van der Waals surface area contributed by atoms with Gasteiger partial charge in [0.2, 0.25) is 0 Å². The van der Waals surface area contributed by atoms with Crippen molar-refractivity contribution in [3.63, 3.8) is 0 Å². The van der Waals surface area contributed by atoms with Crippen LogP contribution in [0.3, 0.4) is 0 Å². The topological polar surface area (TPSA) is 106 Å². The van der Waals surface area contributed by atoms with Gasteiger partial charge in [0.15, 0.2) is 5.16 Å². The SMILES string of the molecule is N#Cc1cnc(SCc2nnc(C3CC3)n2C2CC2)nc1N. The number of nitrogen functional groups attached to an aromatic ring is 1. The van der Waals surface area contributed by atoms with Gasteiger partial charge >= 0.3 is 0 Å². The monoisotopic (exact) mass is 313 g/mol. The van der Waals surface area contributed by atoms with Gasteiger partial charge in [0.05, 0.1) is 11.9 Å². The van der Waals surface area contributed by atoms with Crippen LogP contribution in [-0.2, 0) is 5.75 Å². The van der Waals surface area contributed by atoms with E-state index < -0.39 is 0 Å². The van der Waals surface area contributed by atoms with Crippen molar-refractivity contribution in [3.05, 3.63) is 23.4 Å². The van der Waals surface area contributed by atoms with E-state index in [1.807, 2.05) is 6.07 Å². The predicted molar refractivity (Wildman–Crippen MR) is 81.0 cm³/mol. The molecule has 0 radical (unpaired) electrons. The highest BCUT2D eigenvalue weighted by Crippen LogP contribution is 2.45. The molecule has 8 heteroatoms. The van der Waals surface area contributed by atoms with E-state index in [1.165, 1.54) is 43.6 Å². The van der Waals surface area contributed by atoms with Crippen LogP contribution in [0.5, 0.6) is 0 Å². The van der Waals surface area contributed by atoms with Crippen LogP contribution in [0.15, 0.2) is 11.4 Å². The first-order chi connectivity index (χ1) is 10.8. The quantitative estimate of drug-likeness (QED) is 0.664. The maximum atomic E-state index is 8.84. The van der Waals surface area contributed by atoms with E-state index in [0.717, 1.165) is 11.6 Å². The van der Waals surface area contributed by atoms with E-state index in [4.69, 9.17) is 11.0 Å². The van der Waals surface area contributed by atoms with Crippen LogP contribution in [0.2, 0.25) is 0 Å². The third kappa shape index (κ3) is 2.52. The molecule has 2 aliphatic rings. The third-order valence-electron chi connectivity index (χ3n) is 3.89. The van der Waals surface area contributed by atoms with Gasteiger partial charge in [-0.25, -0.2) is 9.97 Å². The number of rotatable bonds is 5. The van der Waals surface area contributed by atoms with Crippen LogP contribution in [0.4, 0.5) is 5.82 Å². The Balaban J connectivity index is 1.52. The summed E-state index contributed by atoms with van der Waals surface area (Å²) >= 11 is 1.48. The van der Waals surface area contributed by atoms with Crippen LogP contribution >= 0.6 is 11.8 Å². The molecule has 4 rings (SSSR count). The van der Waals surface area contributed by atoms with Gasteiger partial charge in [-0.3, -0.25) is 0 Å². The van der Waals surface area contributed by atoms with Gasteiger partial charge in [-0.15, -0.1) is 10.2 Å². The number of nitrogens with zero attached hydrogens (tertiary/aromatic N) is 6. The molecule has 0 atom stereocenters. The summed E-state index contributed by atoms with van der Waals surface area (Å²) < 4.78 is 2.32. The van der Waals surface area contributed by atoms with Crippen LogP contribution in [0.25, 0.3) is 0 Å². The number of nitriles is 1. The molecule has 2 aromatic rings. The number of aromatic nitrogens is 5. The predicted octanol–water partition coefficient (Wildman–Crippen LogP) is 2.03. The van der Waals surface area contributed by atoms with E-state index in [-0.39, 0.29) is 5.82 Å². The maximum absolute atomic E-state index is 8.84. The summed E-state index contributed by atoms with van der Waals surface area (Å²) in [7, 11) is 0. The second-order valence-corrected chi connectivity index (χ2v) is 6.64.